The average Bonchev–Trinajstić information content (AvgIpc) is 3.24. The lowest BCUT2D eigenvalue weighted by molar-refractivity contribution is 0.0224. The molecule has 0 amide bonds. The largest absolute Gasteiger partial charge is 0.456 e. The summed E-state index contributed by atoms with van der Waals surface area (Å²) in [5, 5.41) is 7.41. The number of nitrogens with one attached hydrogen (secondary N) is 2. The molecule has 1 atom stereocenters. The minimum atomic E-state index is -1.15. The SMILES string of the molecule is O=C1OC2(c3ccc(Nc4ccccc4)cc3Oc3ccc(Nc4ccccc4Cl)cc32)c2ccccc21. The van der Waals surface area contributed by atoms with Crippen LogP contribution < -0.4 is 15.4 Å². The van der Waals surface area contributed by atoms with Crippen LogP contribution in [0.3, 0.4) is 0 Å². The molecule has 2 aliphatic heterocycles. The molecule has 5 nitrogen and oxygen atoms in total. The summed E-state index contributed by atoms with van der Waals surface area (Å²) in [6.45, 7) is 0. The molecule has 1 unspecified atom stereocenters. The number of benzene rings is 5. The summed E-state index contributed by atoms with van der Waals surface area (Å²) in [5.74, 6) is 0.869. The van der Waals surface area contributed by atoms with Gasteiger partial charge in [-0.2, -0.15) is 0 Å². The number of halogens is 1. The molecule has 0 saturated heterocycles. The molecule has 2 heterocycles. The first-order valence-corrected chi connectivity index (χ1v) is 12.6. The Morgan fingerprint density at radius 3 is 2.21 bits per heavy atom. The topological polar surface area (TPSA) is 59.6 Å². The van der Waals surface area contributed by atoms with Gasteiger partial charge in [-0.3, -0.25) is 0 Å². The quantitative estimate of drug-likeness (QED) is 0.235. The van der Waals surface area contributed by atoms with E-state index >= 15 is 0 Å². The van der Waals surface area contributed by atoms with Crippen LogP contribution in [0.15, 0.2) is 115 Å². The first-order chi connectivity index (χ1) is 18.6. The molecule has 0 saturated carbocycles. The van der Waals surface area contributed by atoms with Crippen molar-refractivity contribution in [1.29, 1.82) is 0 Å². The van der Waals surface area contributed by atoms with E-state index in [9.17, 15) is 4.79 Å². The van der Waals surface area contributed by atoms with Crippen LogP contribution in [-0.2, 0) is 10.3 Å². The first-order valence-electron chi connectivity index (χ1n) is 12.3. The van der Waals surface area contributed by atoms with E-state index in [1.165, 1.54) is 0 Å². The molecular weight excluding hydrogens is 496 g/mol. The summed E-state index contributed by atoms with van der Waals surface area (Å²) in [6.07, 6.45) is 0. The Balaban J connectivity index is 1.38. The number of esters is 1. The summed E-state index contributed by atoms with van der Waals surface area (Å²) < 4.78 is 12.7. The van der Waals surface area contributed by atoms with Crippen LogP contribution in [0, 0.1) is 0 Å². The Bertz CT molecular complexity index is 1720. The Morgan fingerprint density at radius 1 is 0.605 bits per heavy atom. The van der Waals surface area contributed by atoms with E-state index in [4.69, 9.17) is 21.1 Å². The van der Waals surface area contributed by atoms with Crippen LogP contribution in [0.1, 0.15) is 27.0 Å². The second kappa shape index (κ2) is 8.68. The fraction of sp³-hybridized carbons (Fsp3) is 0.0312. The third-order valence-electron chi connectivity index (χ3n) is 6.93. The average molecular weight is 517 g/mol. The number of rotatable bonds is 4. The third kappa shape index (κ3) is 3.51. The maximum atomic E-state index is 13.2. The molecule has 0 aliphatic carbocycles. The van der Waals surface area contributed by atoms with E-state index in [1.54, 1.807) is 6.07 Å². The molecular formula is C32H21ClN2O3. The fourth-order valence-electron chi connectivity index (χ4n) is 5.23. The van der Waals surface area contributed by atoms with Gasteiger partial charge in [0, 0.05) is 39.8 Å². The lowest BCUT2D eigenvalue weighted by Gasteiger charge is -2.37. The van der Waals surface area contributed by atoms with Crippen LogP contribution in [0.2, 0.25) is 5.02 Å². The fourth-order valence-corrected chi connectivity index (χ4v) is 5.42. The van der Waals surface area contributed by atoms with Crippen molar-refractivity contribution in [2.75, 3.05) is 10.6 Å². The van der Waals surface area contributed by atoms with Gasteiger partial charge in [0.2, 0.25) is 0 Å². The van der Waals surface area contributed by atoms with Crippen molar-refractivity contribution >= 4 is 40.3 Å². The molecule has 5 aromatic rings. The summed E-state index contributed by atoms with van der Waals surface area (Å²) in [7, 11) is 0. The van der Waals surface area contributed by atoms with Crippen molar-refractivity contribution in [3.05, 3.63) is 143 Å². The molecule has 0 bridgehead atoms. The van der Waals surface area contributed by atoms with Crippen molar-refractivity contribution in [2.45, 2.75) is 5.60 Å². The van der Waals surface area contributed by atoms with E-state index in [0.29, 0.717) is 22.1 Å². The summed E-state index contributed by atoms with van der Waals surface area (Å²) in [4.78, 5) is 13.2. The highest BCUT2D eigenvalue weighted by atomic mass is 35.5. The number of carbonyl (C=O) groups excluding carboxylic acids is 1. The molecule has 184 valence electrons. The van der Waals surface area contributed by atoms with Gasteiger partial charge in [-0.15, -0.1) is 0 Å². The van der Waals surface area contributed by atoms with Crippen LogP contribution in [0.25, 0.3) is 0 Å². The molecule has 5 aromatic carbocycles. The van der Waals surface area contributed by atoms with Crippen molar-refractivity contribution in [2.24, 2.45) is 0 Å². The Labute approximate surface area is 224 Å². The van der Waals surface area contributed by atoms with Crippen molar-refractivity contribution < 1.29 is 14.3 Å². The van der Waals surface area contributed by atoms with E-state index < -0.39 is 5.60 Å². The van der Waals surface area contributed by atoms with Crippen LogP contribution in [0.5, 0.6) is 11.5 Å². The minimum absolute atomic E-state index is 0.365. The van der Waals surface area contributed by atoms with Gasteiger partial charge < -0.3 is 20.1 Å². The van der Waals surface area contributed by atoms with Gasteiger partial charge in [-0.25, -0.2) is 4.79 Å². The zero-order valence-corrected chi connectivity index (χ0v) is 20.8. The molecule has 0 fully saturated rings. The normalized spacial score (nSPS) is 16.6. The molecule has 7 rings (SSSR count). The van der Waals surface area contributed by atoms with Crippen LogP contribution >= 0.6 is 11.6 Å². The maximum absolute atomic E-state index is 13.2. The van der Waals surface area contributed by atoms with Crippen LogP contribution in [0.4, 0.5) is 22.7 Å². The Morgan fingerprint density at radius 2 is 1.34 bits per heavy atom. The number of hydrogen-bond acceptors (Lipinski definition) is 5. The maximum Gasteiger partial charge on any atom is 0.340 e. The second-order valence-electron chi connectivity index (χ2n) is 9.24. The van der Waals surface area contributed by atoms with Gasteiger partial charge in [0.1, 0.15) is 11.5 Å². The molecule has 38 heavy (non-hydrogen) atoms. The van der Waals surface area contributed by atoms with Gasteiger partial charge in [0.25, 0.3) is 0 Å². The lowest BCUT2D eigenvalue weighted by Crippen LogP contribution is -2.33. The van der Waals surface area contributed by atoms with Gasteiger partial charge in [-0.05, 0) is 60.7 Å². The number of hydrogen-bond donors (Lipinski definition) is 2. The van der Waals surface area contributed by atoms with Crippen molar-refractivity contribution in [3.63, 3.8) is 0 Å². The highest BCUT2D eigenvalue weighted by Crippen LogP contribution is 2.57. The zero-order chi connectivity index (χ0) is 25.7. The molecule has 2 N–H and O–H groups in total. The van der Waals surface area contributed by atoms with Crippen LogP contribution in [-0.4, -0.2) is 5.97 Å². The molecule has 1 spiro atoms. The standard InChI is InChI=1S/C32H21ClN2O3/c33-27-12-6-7-13-28(27)35-21-15-17-29-26(18-21)32(24-11-5-4-10-23(24)31(36)38-32)25-16-14-22(19-30(25)37-29)34-20-8-2-1-3-9-20/h1-19,34-35H. The molecule has 2 aliphatic rings. The number of para-hydroxylation sites is 2. The number of fused-ring (bicyclic) bond motifs is 6. The Kier molecular flexibility index (Phi) is 5.13. The van der Waals surface area contributed by atoms with Crippen molar-refractivity contribution in [1.82, 2.24) is 0 Å². The molecule has 0 aromatic heterocycles. The van der Waals surface area contributed by atoms with E-state index in [0.717, 1.165) is 39.4 Å². The predicted octanol–water partition coefficient (Wildman–Crippen LogP) is 8.40. The summed E-state index contributed by atoms with van der Waals surface area (Å²) >= 11 is 6.40. The monoisotopic (exact) mass is 516 g/mol. The summed E-state index contributed by atoms with van der Waals surface area (Å²) in [5.41, 5.74) is 5.08. The Hall–Kier alpha value is -4.74. The van der Waals surface area contributed by atoms with E-state index in [-0.39, 0.29) is 5.97 Å². The molecule has 6 heteroatoms. The van der Waals surface area contributed by atoms with Crippen molar-refractivity contribution in [3.8, 4) is 11.5 Å². The zero-order valence-electron chi connectivity index (χ0n) is 20.1. The lowest BCUT2D eigenvalue weighted by atomic mass is 9.77. The minimum Gasteiger partial charge on any atom is -0.456 e. The summed E-state index contributed by atoms with van der Waals surface area (Å²) in [6, 6.07) is 36.7. The van der Waals surface area contributed by atoms with E-state index in [1.807, 2.05) is 109 Å². The van der Waals surface area contributed by atoms with Gasteiger partial charge in [0.05, 0.1) is 16.3 Å². The number of ether oxygens (including phenoxy) is 2. The highest BCUT2D eigenvalue weighted by molar-refractivity contribution is 6.33. The third-order valence-corrected chi connectivity index (χ3v) is 7.26. The first kappa shape index (κ1) is 22.5. The van der Waals surface area contributed by atoms with Gasteiger partial charge >= 0.3 is 5.97 Å². The number of anilines is 4. The van der Waals surface area contributed by atoms with Gasteiger partial charge in [-0.1, -0.05) is 60.1 Å². The smallest absolute Gasteiger partial charge is 0.340 e. The van der Waals surface area contributed by atoms with Gasteiger partial charge in [0.15, 0.2) is 5.60 Å². The molecule has 0 radical (unpaired) electrons. The second-order valence-corrected chi connectivity index (χ2v) is 9.64. The number of carbonyl (C=O) groups is 1. The van der Waals surface area contributed by atoms with E-state index in [2.05, 4.69) is 10.6 Å². The predicted molar refractivity (Wildman–Crippen MR) is 149 cm³/mol. The highest BCUT2D eigenvalue weighted by Gasteiger charge is 2.53.